The molecular formula is C15H19N3O4S. The Labute approximate surface area is 138 Å². The summed E-state index contributed by atoms with van der Waals surface area (Å²) in [5.41, 5.74) is 0. The summed E-state index contributed by atoms with van der Waals surface area (Å²) in [6.45, 7) is 4.49. The average Bonchev–Trinajstić information content (AvgIpc) is 3.09. The van der Waals surface area contributed by atoms with Gasteiger partial charge < -0.3 is 14.4 Å². The van der Waals surface area contributed by atoms with Gasteiger partial charge >= 0.3 is 5.97 Å². The topological polar surface area (TPSA) is 80.2 Å². The quantitative estimate of drug-likeness (QED) is 0.651. The van der Waals surface area contributed by atoms with Crippen LogP contribution in [0, 0.1) is 5.92 Å². The lowest BCUT2D eigenvalue weighted by Gasteiger charge is -2.34. The molecule has 0 spiro atoms. The third-order valence-corrected chi connectivity index (χ3v) is 4.72. The van der Waals surface area contributed by atoms with Crippen LogP contribution in [0.25, 0.3) is 0 Å². The Morgan fingerprint density at radius 1 is 1.52 bits per heavy atom. The van der Waals surface area contributed by atoms with Crippen molar-refractivity contribution in [3.8, 4) is 0 Å². The molecule has 2 aliphatic rings. The summed E-state index contributed by atoms with van der Waals surface area (Å²) in [4.78, 5) is 32.2. The van der Waals surface area contributed by atoms with E-state index in [-0.39, 0.29) is 12.5 Å². The van der Waals surface area contributed by atoms with E-state index in [9.17, 15) is 9.59 Å². The van der Waals surface area contributed by atoms with Gasteiger partial charge in [-0.2, -0.15) is 0 Å². The van der Waals surface area contributed by atoms with Crippen LogP contribution in [0.1, 0.15) is 17.8 Å². The minimum absolute atomic E-state index is 0.236. The van der Waals surface area contributed by atoms with Gasteiger partial charge in [0.05, 0.1) is 19.8 Å². The molecule has 1 N–H and O–H groups in total. The van der Waals surface area contributed by atoms with Crippen LogP contribution in [0.15, 0.2) is 22.5 Å². The van der Waals surface area contributed by atoms with E-state index in [0.717, 1.165) is 4.88 Å². The molecule has 0 aliphatic carbocycles. The van der Waals surface area contributed by atoms with Crippen LogP contribution in [0.2, 0.25) is 0 Å². The molecule has 124 valence electrons. The van der Waals surface area contributed by atoms with Crippen LogP contribution in [0.3, 0.4) is 0 Å². The number of esters is 1. The smallest absolute Gasteiger partial charge is 0.321 e. The Kier molecular flexibility index (Phi) is 4.92. The van der Waals surface area contributed by atoms with Crippen molar-refractivity contribution in [2.45, 2.75) is 13.0 Å². The van der Waals surface area contributed by atoms with Gasteiger partial charge in [0, 0.05) is 18.0 Å². The monoisotopic (exact) mass is 337 g/mol. The van der Waals surface area contributed by atoms with Crippen molar-refractivity contribution in [3.63, 3.8) is 0 Å². The van der Waals surface area contributed by atoms with Crippen molar-refractivity contribution in [2.75, 3.05) is 32.9 Å². The Hall–Kier alpha value is -1.93. The molecule has 1 fully saturated rings. The van der Waals surface area contributed by atoms with Gasteiger partial charge in [-0.1, -0.05) is 6.07 Å². The zero-order valence-corrected chi connectivity index (χ0v) is 13.7. The highest BCUT2D eigenvalue weighted by Crippen LogP contribution is 2.33. The second-order valence-electron chi connectivity index (χ2n) is 5.23. The lowest BCUT2D eigenvalue weighted by atomic mass is 9.96. The minimum Gasteiger partial charge on any atom is -0.465 e. The Balaban J connectivity index is 1.91. The normalized spacial score (nSPS) is 24.8. The van der Waals surface area contributed by atoms with Crippen LogP contribution in [0.5, 0.6) is 0 Å². The van der Waals surface area contributed by atoms with Crippen LogP contribution in [0.4, 0.5) is 0 Å². The Morgan fingerprint density at radius 3 is 2.96 bits per heavy atom. The highest BCUT2D eigenvalue weighted by atomic mass is 32.1. The molecule has 1 aromatic rings. The maximum absolute atomic E-state index is 12.5. The zero-order valence-electron chi connectivity index (χ0n) is 12.9. The Morgan fingerprint density at radius 2 is 2.30 bits per heavy atom. The van der Waals surface area contributed by atoms with Crippen molar-refractivity contribution in [3.05, 3.63) is 22.4 Å². The van der Waals surface area contributed by atoms with Crippen LogP contribution in [-0.4, -0.2) is 55.6 Å². The van der Waals surface area contributed by atoms with Gasteiger partial charge in [-0.25, -0.2) is 4.99 Å². The predicted molar refractivity (Wildman–Crippen MR) is 85.2 cm³/mol. The molecule has 2 atom stereocenters. The molecule has 0 aromatic carbocycles. The van der Waals surface area contributed by atoms with Gasteiger partial charge in [0.25, 0.3) is 0 Å². The molecule has 0 unspecified atom stereocenters. The summed E-state index contributed by atoms with van der Waals surface area (Å²) in [6.07, 6.45) is 0. The number of morpholine rings is 1. The number of aliphatic imine (C=N–C) groups is 1. The summed E-state index contributed by atoms with van der Waals surface area (Å²) in [6, 6.07) is 3.24. The van der Waals surface area contributed by atoms with Crippen molar-refractivity contribution in [2.24, 2.45) is 10.9 Å². The second kappa shape index (κ2) is 7.10. The number of ether oxygens (including phenoxy) is 2. The molecule has 23 heavy (non-hydrogen) atoms. The maximum Gasteiger partial charge on any atom is 0.321 e. The lowest BCUT2D eigenvalue weighted by molar-refractivity contribution is -0.153. The molecule has 2 aliphatic heterocycles. The van der Waals surface area contributed by atoms with E-state index in [1.165, 1.54) is 11.3 Å². The number of nitrogens with one attached hydrogen (secondary N) is 1. The third kappa shape index (κ3) is 3.37. The van der Waals surface area contributed by atoms with E-state index < -0.39 is 17.9 Å². The number of rotatable bonds is 3. The highest BCUT2D eigenvalue weighted by molar-refractivity contribution is 7.10. The number of amides is 1. The molecule has 0 radical (unpaired) electrons. The fourth-order valence-electron chi connectivity index (χ4n) is 2.66. The van der Waals surface area contributed by atoms with E-state index >= 15 is 0 Å². The SMILES string of the molecule is CCOC(=O)[C@@H]1C(=O)NC(N2CCOCC2)=N[C@H]1c1cccs1. The molecular weight excluding hydrogens is 318 g/mol. The van der Waals surface area contributed by atoms with Gasteiger partial charge in [0.15, 0.2) is 5.92 Å². The number of thiophene rings is 1. The lowest BCUT2D eigenvalue weighted by Crippen LogP contribution is -2.55. The molecule has 0 saturated carbocycles. The number of carbonyl (C=O) groups excluding carboxylic acids is 2. The first-order valence-electron chi connectivity index (χ1n) is 7.62. The summed E-state index contributed by atoms with van der Waals surface area (Å²) in [5.74, 6) is -1.33. The largest absolute Gasteiger partial charge is 0.465 e. The van der Waals surface area contributed by atoms with E-state index in [4.69, 9.17) is 9.47 Å². The van der Waals surface area contributed by atoms with Gasteiger partial charge in [-0.05, 0) is 18.4 Å². The van der Waals surface area contributed by atoms with Crippen LogP contribution < -0.4 is 5.32 Å². The first kappa shape index (κ1) is 15.9. The standard InChI is InChI=1S/C15H19N3O4S/c1-2-22-14(20)11-12(10-4-3-9-23-10)16-15(17-13(11)19)18-5-7-21-8-6-18/h3-4,9,11-12H,2,5-8H2,1H3,(H,16,17,19)/t11-,12-/m0/s1. The molecule has 0 bridgehead atoms. The molecule has 1 amide bonds. The Bertz CT molecular complexity index is 596. The van der Waals surface area contributed by atoms with Gasteiger partial charge in [-0.15, -0.1) is 11.3 Å². The average molecular weight is 337 g/mol. The van der Waals surface area contributed by atoms with E-state index in [0.29, 0.717) is 32.3 Å². The first-order chi connectivity index (χ1) is 11.2. The third-order valence-electron chi connectivity index (χ3n) is 3.78. The number of nitrogens with zero attached hydrogens (tertiary/aromatic N) is 2. The summed E-state index contributed by atoms with van der Waals surface area (Å²) in [7, 11) is 0. The van der Waals surface area contributed by atoms with Crippen molar-refractivity contribution in [1.82, 2.24) is 10.2 Å². The van der Waals surface area contributed by atoms with Crippen molar-refractivity contribution < 1.29 is 19.1 Å². The number of hydrogen-bond donors (Lipinski definition) is 1. The minimum atomic E-state index is -0.946. The predicted octanol–water partition coefficient (Wildman–Crippen LogP) is 0.787. The molecule has 3 heterocycles. The summed E-state index contributed by atoms with van der Waals surface area (Å²) >= 11 is 1.48. The fraction of sp³-hybridized carbons (Fsp3) is 0.533. The van der Waals surface area contributed by atoms with E-state index in [2.05, 4.69) is 10.3 Å². The molecule has 1 saturated heterocycles. The number of carbonyl (C=O) groups is 2. The van der Waals surface area contributed by atoms with Crippen molar-refractivity contribution in [1.29, 1.82) is 0 Å². The van der Waals surface area contributed by atoms with Crippen LogP contribution in [-0.2, 0) is 19.1 Å². The summed E-state index contributed by atoms with van der Waals surface area (Å²) < 4.78 is 10.4. The second-order valence-corrected chi connectivity index (χ2v) is 6.21. The molecule has 7 nitrogen and oxygen atoms in total. The van der Waals surface area contributed by atoms with E-state index in [1.54, 1.807) is 6.92 Å². The molecule has 3 rings (SSSR count). The van der Waals surface area contributed by atoms with Crippen LogP contribution >= 0.6 is 11.3 Å². The van der Waals surface area contributed by atoms with E-state index in [1.807, 2.05) is 22.4 Å². The van der Waals surface area contributed by atoms with Gasteiger partial charge in [0.2, 0.25) is 11.9 Å². The molecule has 8 heteroatoms. The first-order valence-corrected chi connectivity index (χ1v) is 8.50. The summed E-state index contributed by atoms with van der Waals surface area (Å²) in [5, 5.41) is 4.66. The van der Waals surface area contributed by atoms with Gasteiger partial charge in [0.1, 0.15) is 6.04 Å². The highest BCUT2D eigenvalue weighted by Gasteiger charge is 2.42. The molecule has 1 aromatic heterocycles. The maximum atomic E-state index is 12.5. The fourth-order valence-corrected chi connectivity index (χ4v) is 3.46. The number of hydrogen-bond acceptors (Lipinski definition) is 7. The van der Waals surface area contributed by atoms with Gasteiger partial charge in [-0.3, -0.25) is 14.9 Å². The van der Waals surface area contributed by atoms with Crippen molar-refractivity contribution >= 4 is 29.2 Å². The zero-order chi connectivity index (χ0) is 16.2. The number of guanidine groups is 1.